The van der Waals surface area contributed by atoms with Crippen molar-refractivity contribution in [2.45, 2.75) is 6.18 Å². The van der Waals surface area contributed by atoms with Gasteiger partial charge in [0.2, 0.25) is 0 Å². The molecular formula is C20H11Cl2F3N2S. The number of nitrogens with zero attached hydrogens (tertiary/aromatic N) is 2. The standard InChI is InChI=1S/C20H11Cl2F3N2S/c21-13-6-7-14(22)15(10-13)27-16(11-19(26-27)20(23,24)25)18-9-8-17(28-18)12-4-2-1-3-5-12/h1-11H. The van der Waals surface area contributed by atoms with Crippen molar-refractivity contribution in [2.24, 2.45) is 0 Å². The molecule has 2 aromatic carbocycles. The quantitative estimate of drug-likeness (QED) is 0.322. The molecule has 2 heterocycles. The highest BCUT2D eigenvalue weighted by atomic mass is 35.5. The van der Waals surface area contributed by atoms with Gasteiger partial charge in [0.15, 0.2) is 5.69 Å². The van der Waals surface area contributed by atoms with Crippen molar-refractivity contribution >= 4 is 34.5 Å². The Bertz CT molecular complexity index is 1130. The van der Waals surface area contributed by atoms with E-state index >= 15 is 0 Å². The molecule has 0 atom stereocenters. The van der Waals surface area contributed by atoms with Gasteiger partial charge in [0.25, 0.3) is 0 Å². The molecule has 0 unspecified atom stereocenters. The summed E-state index contributed by atoms with van der Waals surface area (Å²) in [5, 5.41) is 4.37. The maximum absolute atomic E-state index is 13.3. The maximum Gasteiger partial charge on any atom is 0.435 e. The summed E-state index contributed by atoms with van der Waals surface area (Å²) in [7, 11) is 0. The van der Waals surface area contributed by atoms with Crippen LogP contribution in [-0.4, -0.2) is 9.78 Å². The van der Waals surface area contributed by atoms with Gasteiger partial charge in [-0.05, 0) is 42.0 Å². The molecule has 28 heavy (non-hydrogen) atoms. The molecule has 4 aromatic rings. The van der Waals surface area contributed by atoms with E-state index in [1.54, 1.807) is 12.1 Å². The molecule has 0 spiro atoms. The van der Waals surface area contributed by atoms with Crippen molar-refractivity contribution in [3.63, 3.8) is 0 Å². The van der Waals surface area contributed by atoms with Crippen LogP contribution >= 0.6 is 34.5 Å². The lowest BCUT2D eigenvalue weighted by atomic mass is 10.2. The van der Waals surface area contributed by atoms with E-state index in [2.05, 4.69) is 5.10 Å². The third kappa shape index (κ3) is 3.68. The Labute approximate surface area is 172 Å². The van der Waals surface area contributed by atoms with Crippen molar-refractivity contribution in [2.75, 3.05) is 0 Å². The van der Waals surface area contributed by atoms with Crippen LogP contribution in [0, 0.1) is 0 Å². The van der Waals surface area contributed by atoms with Crippen LogP contribution in [0.15, 0.2) is 66.7 Å². The summed E-state index contributed by atoms with van der Waals surface area (Å²) in [6.07, 6.45) is -4.58. The van der Waals surface area contributed by atoms with Crippen molar-refractivity contribution in [1.29, 1.82) is 0 Å². The van der Waals surface area contributed by atoms with Gasteiger partial charge in [0.1, 0.15) is 0 Å². The molecule has 142 valence electrons. The van der Waals surface area contributed by atoms with Gasteiger partial charge in [0, 0.05) is 9.90 Å². The minimum absolute atomic E-state index is 0.252. The topological polar surface area (TPSA) is 17.8 Å². The predicted molar refractivity (Wildman–Crippen MR) is 107 cm³/mol. The molecule has 0 radical (unpaired) electrons. The summed E-state index contributed by atoms with van der Waals surface area (Å²) in [6.45, 7) is 0. The second kappa shape index (κ2) is 7.28. The highest BCUT2D eigenvalue weighted by Gasteiger charge is 2.35. The molecule has 2 nitrogen and oxygen atoms in total. The Morgan fingerprint density at radius 3 is 2.29 bits per heavy atom. The molecule has 0 saturated carbocycles. The van der Waals surface area contributed by atoms with E-state index in [1.165, 1.54) is 28.2 Å². The van der Waals surface area contributed by atoms with Crippen LogP contribution in [0.3, 0.4) is 0 Å². The number of hydrogen-bond acceptors (Lipinski definition) is 2. The average molecular weight is 439 g/mol. The van der Waals surface area contributed by atoms with Crippen LogP contribution in [0.1, 0.15) is 5.69 Å². The van der Waals surface area contributed by atoms with Gasteiger partial charge in [-0.15, -0.1) is 11.3 Å². The molecule has 0 amide bonds. The fourth-order valence-corrected chi connectivity index (χ4v) is 4.14. The van der Waals surface area contributed by atoms with Crippen LogP contribution in [-0.2, 0) is 6.18 Å². The van der Waals surface area contributed by atoms with Crippen molar-refractivity contribution in [1.82, 2.24) is 9.78 Å². The van der Waals surface area contributed by atoms with Crippen LogP contribution < -0.4 is 0 Å². The summed E-state index contributed by atoms with van der Waals surface area (Å²) < 4.78 is 41.2. The molecule has 8 heteroatoms. The number of hydrogen-bond donors (Lipinski definition) is 0. The first-order valence-electron chi connectivity index (χ1n) is 8.11. The minimum Gasteiger partial charge on any atom is -0.230 e. The molecule has 0 aliphatic rings. The Morgan fingerprint density at radius 1 is 0.857 bits per heavy atom. The fraction of sp³-hybridized carbons (Fsp3) is 0.0500. The van der Waals surface area contributed by atoms with E-state index < -0.39 is 11.9 Å². The molecule has 4 rings (SSSR count). The molecule has 0 aliphatic heterocycles. The zero-order valence-corrected chi connectivity index (χ0v) is 16.4. The smallest absolute Gasteiger partial charge is 0.230 e. The average Bonchev–Trinajstić information content (AvgIpc) is 3.31. The van der Waals surface area contributed by atoms with Crippen molar-refractivity contribution in [3.05, 3.63) is 82.5 Å². The second-order valence-corrected chi connectivity index (χ2v) is 7.88. The molecule has 0 fully saturated rings. The lowest BCUT2D eigenvalue weighted by Crippen LogP contribution is -2.07. The summed E-state index contributed by atoms with van der Waals surface area (Å²) in [4.78, 5) is 1.58. The van der Waals surface area contributed by atoms with Crippen molar-refractivity contribution in [3.8, 4) is 26.7 Å². The monoisotopic (exact) mass is 438 g/mol. The SMILES string of the molecule is FC(F)(F)c1cc(-c2ccc(-c3ccccc3)s2)n(-c2cc(Cl)ccc2Cl)n1. The third-order valence-electron chi connectivity index (χ3n) is 4.05. The van der Waals surface area contributed by atoms with Crippen LogP contribution in [0.5, 0.6) is 0 Å². The summed E-state index contributed by atoms with van der Waals surface area (Å²) >= 11 is 13.6. The van der Waals surface area contributed by atoms with Crippen LogP contribution in [0.4, 0.5) is 13.2 Å². The van der Waals surface area contributed by atoms with Gasteiger partial charge in [-0.1, -0.05) is 53.5 Å². The maximum atomic E-state index is 13.3. The molecule has 0 aliphatic carbocycles. The first-order valence-corrected chi connectivity index (χ1v) is 9.68. The van der Waals surface area contributed by atoms with E-state index in [1.807, 2.05) is 36.4 Å². The third-order valence-corrected chi connectivity index (χ3v) is 5.76. The first kappa shape index (κ1) is 19.1. The van der Waals surface area contributed by atoms with E-state index in [0.717, 1.165) is 16.5 Å². The van der Waals surface area contributed by atoms with Crippen molar-refractivity contribution < 1.29 is 13.2 Å². The normalized spacial score (nSPS) is 11.8. The van der Waals surface area contributed by atoms with E-state index in [-0.39, 0.29) is 10.7 Å². The lowest BCUT2D eigenvalue weighted by Gasteiger charge is -2.09. The van der Waals surface area contributed by atoms with Gasteiger partial charge in [-0.2, -0.15) is 18.3 Å². The zero-order chi connectivity index (χ0) is 19.9. The summed E-state index contributed by atoms with van der Waals surface area (Å²) in [5.41, 5.74) is 0.577. The first-order chi connectivity index (χ1) is 13.3. The van der Waals surface area contributed by atoms with Gasteiger partial charge < -0.3 is 0 Å². The molecule has 2 aromatic heterocycles. The number of rotatable bonds is 3. The van der Waals surface area contributed by atoms with E-state index in [4.69, 9.17) is 23.2 Å². The van der Waals surface area contributed by atoms with Gasteiger partial charge in [-0.3, -0.25) is 0 Å². The number of benzene rings is 2. The Hall–Kier alpha value is -2.28. The summed E-state index contributed by atoms with van der Waals surface area (Å²) in [6, 6.07) is 18.9. The Morgan fingerprint density at radius 2 is 1.57 bits per heavy atom. The Kier molecular flexibility index (Phi) is 4.95. The van der Waals surface area contributed by atoms with Crippen LogP contribution in [0.25, 0.3) is 26.7 Å². The molecular weight excluding hydrogens is 428 g/mol. The van der Waals surface area contributed by atoms with Crippen LogP contribution in [0.2, 0.25) is 10.0 Å². The fourth-order valence-electron chi connectivity index (χ4n) is 2.76. The number of halogens is 5. The largest absolute Gasteiger partial charge is 0.435 e. The highest BCUT2D eigenvalue weighted by Crippen LogP contribution is 2.39. The predicted octanol–water partition coefficient (Wildman–Crippen LogP) is 7.59. The highest BCUT2D eigenvalue weighted by molar-refractivity contribution is 7.18. The number of alkyl halides is 3. The second-order valence-electron chi connectivity index (χ2n) is 5.95. The van der Waals surface area contributed by atoms with Gasteiger partial charge in [-0.25, -0.2) is 4.68 Å². The summed E-state index contributed by atoms with van der Waals surface area (Å²) in [5.74, 6) is 0. The zero-order valence-electron chi connectivity index (χ0n) is 14.0. The minimum atomic E-state index is -4.58. The van der Waals surface area contributed by atoms with Gasteiger partial charge >= 0.3 is 6.18 Å². The molecule has 0 N–H and O–H groups in total. The number of thiophene rings is 1. The van der Waals surface area contributed by atoms with E-state index in [0.29, 0.717) is 15.6 Å². The van der Waals surface area contributed by atoms with Gasteiger partial charge in [0.05, 0.1) is 21.3 Å². The number of aromatic nitrogens is 2. The molecule has 0 bridgehead atoms. The van der Waals surface area contributed by atoms with E-state index in [9.17, 15) is 13.2 Å². The lowest BCUT2D eigenvalue weighted by molar-refractivity contribution is -0.141. The molecule has 0 saturated heterocycles. The Balaban J connectivity index is 1.88.